The molecule has 8 heavy (non-hydrogen) atoms. The molecule has 1 aliphatic heterocycles. The first-order chi connectivity index (χ1) is 3.72. The van der Waals surface area contributed by atoms with Crippen molar-refractivity contribution < 1.29 is 0 Å². The third kappa shape index (κ3) is 0.690. The third-order valence-electron chi connectivity index (χ3n) is 0.950. The van der Waals surface area contributed by atoms with Crippen LogP contribution in [0.1, 0.15) is 6.92 Å². The van der Waals surface area contributed by atoms with Gasteiger partial charge in [0.15, 0.2) is 0 Å². The number of nitrogens with two attached hydrogens (primary N) is 1. The Balaban J connectivity index is 2.75. The molecule has 0 radical (unpaired) electrons. The van der Waals surface area contributed by atoms with E-state index in [0.29, 0.717) is 5.84 Å². The van der Waals surface area contributed by atoms with Gasteiger partial charge in [-0.2, -0.15) is 5.10 Å². The smallest absolute Gasteiger partial charge is 0.146 e. The van der Waals surface area contributed by atoms with Gasteiger partial charge in [0.05, 0.1) is 5.71 Å². The molecule has 1 unspecified atom stereocenters. The fraction of sp³-hybridized carbons (Fsp3) is 0.500. The molecule has 0 saturated heterocycles. The molecule has 0 aliphatic carbocycles. The highest BCUT2D eigenvalue weighted by Gasteiger charge is 2.17. The highest BCUT2D eigenvalue weighted by Crippen LogP contribution is 2.05. The maximum atomic E-state index is 5.63. The van der Waals surface area contributed by atoms with E-state index in [9.17, 15) is 0 Å². The van der Waals surface area contributed by atoms with Gasteiger partial charge < -0.3 is 5.73 Å². The molecule has 1 rings (SSSR count). The van der Waals surface area contributed by atoms with Crippen LogP contribution in [0.5, 0.6) is 0 Å². The van der Waals surface area contributed by atoms with Crippen LogP contribution in [-0.4, -0.2) is 16.9 Å². The molecule has 0 saturated carbocycles. The number of amidine groups is 1. The van der Waals surface area contributed by atoms with Crippen molar-refractivity contribution in [2.24, 2.45) is 15.9 Å². The average molecular weight is 132 g/mol. The summed E-state index contributed by atoms with van der Waals surface area (Å²) in [4.78, 5) is 0. The first-order valence-electron chi connectivity index (χ1n) is 2.23. The zero-order valence-electron chi connectivity index (χ0n) is 4.43. The second-order valence-corrected chi connectivity index (χ2v) is 2.07. The molecule has 0 bridgehead atoms. The summed E-state index contributed by atoms with van der Waals surface area (Å²) < 4.78 is 0. The van der Waals surface area contributed by atoms with E-state index >= 15 is 0 Å². The van der Waals surface area contributed by atoms with Gasteiger partial charge in [0.25, 0.3) is 0 Å². The second kappa shape index (κ2) is 1.74. The fourth-order valence-electron chi connectivity index (χ4n) is 0.452. The van der Waals surface area contributed by atoms with E-state index in [-0.39, 0.29) is 5.38 Å². The predicted molar refractivity (Wildman–Crippen MR) is 34.4 cm³/mol. The molecule has 0 aromatic carbocycles. The van der Waals surface area contributed by atoms with Crippen molar-refractivity contribution in [3.63, 3.8) is 0 Å². The standard InChI is InChI=1S/C4H6ClN3/c1-2-3(5)4(6)8-7-2/h3H,1H3,(H2,6,8). The lowest BCUT2D eigenvalue weighted by molar-refractivity contribution is 1.25. The normalized spacial score (nSPS) is 27.5. The maximum absolute atomic E-state index is 5.63. The molecule has 0 aromatic heterocycles. The first-order valence-corrected chi connectivity index (χ1v) is 2.67. The van der Waals surface area contributed by atoms with Gasteiger partial charge in [-0.05, 0) is 6.92 Å². The fourth-order valence-corrected chi connectivity index (χ4v) is 0.539. The van der Waals surface area contributed by atoms with Crippen LogP contribution in [0.4, 0.5) is 0 Å². The third-order valence-corrected chi connectivity index (χ3v) is 1.49. The van der Waals surface area contributed by atoms with Crippen molar-refractivity contribution in [1.29, 1.82) is 0 Å². The van der Waals surface area contributed by atoms with Gasteiger partial charge in [0.1, 0.15) is 11.2 Å². The van der Waals surface area contributed by atoms with Crippen LogP contribution in [0.2, 0.25) is 0 Å². The van der Waals surface area contributed by atoms with Gasteiger partial charge in [-0.15, -0.1) is 16.7 Å². The molecular formula is C4H6ClN3. The molecule has 0 fully saturated rings. The average Bonchev–Trinajstić information content (AvgIpc) is 1.98. The van der Waals surface area contributed by atoms with Gasteiger partial charge in [-0.3, -0.25) is 0 Å². The molecule has 0 spiro atoms. The van der Waals surface area contributed by atoms with Crippen LogP contribution in [0.15, 0.2) is 10.2 Å². The summed E-state index contributed by atoms with van der Waals surface area (Å²) in [6.45, 7) is 1.79. The molecule has 0 amide bonds. The summed E-state index contributed by atoms with van der Waals surface area (Å²) in [5, 5.41) is 6.93. The Hall–Kier alpha value is -0.570. The van der Waals surface area contributed by atoms with Crippen molar-refractivity contribution in [3.8, 4) is 0 Å². The van der Waals surface area contributed by atoms with Gasteiger partial charge in [-0.1, -0.05) is 0 Å². The van der Waals surface area contributed by atoms with E-state index in [0.717, 1.165) is 5.71 Å². The Morgan fingerprint density at radius 1 is 1.62 bits per heavy atom. The highest BCUT2D eigenvalue weighted by atomic mass is 35.5. The van der Waals surface area contributed by atoms with Crippen molar-refractivity contribution in [1.82, 2.24) is 0 Å². The summed E-state index contributed by atoms with van der Waals surface area (Å²) in [5.74, 6) is 0.393. The topological polar surface area (TPSA) is 50.7 Å². The first kappa shape index (κ1) is 5.56. The Labute approximate surface area is 52.2 Å². The summed E-state index contributed by atoms with van der Waals surface area (Å²) in [7, 11) is 0. The van der Waals surface area contributed by atoms with E-state index in [1.807, 2.05) is 0 Å². The number of rotatable bonds is 0. The van der Waals surface area contributed by atoms with Crippen LogP contribution >= 0.6 is 11.6 Å². The zero-order chi connectivity index (χ0) is 6.15. The Morgan fingerprint density at radius 3 is 2.38 bits per heavy atom. The van der Waals surface area contributed by atoms with E-state index in [1.54, 1.807) is 6.92 Å². The number of alkyl halides is 1. The number of halogens is 1. The number of hydrogen-bond acceptors (Lipinski definition) is 3. The monoisotopic (exact) mass is 131 g/mol. The lowest BCUT2D eigenvalue weighted by atomic mass is 10.3. The molecule has 0 aromatic rings. The largest absolute Gasteiger partial charge is 0.384 e. The minimum absolute atomic E-state index is 0.269. The summed E-state index contributed by atoms with van der Waals surface area (Å²) in [6.07, 6.45) is 0. The molecule has 3 nitrogen and oxygen atoms in total. The Kier molecular flexibility index (Phi) is 1.21. The maximum Gasteiger partial charge on any atom is 0.146 e. The van der Waals surface area contributed by atoms with Gasteiger partial charge in [0, 0.05) is 0 Å². The van der Waals surface area contributed by atoms with Crippen LogP contribution < -0.4 is 5.73 Å². The Bertz CT molecular complexity index is 143. The number of hydrogen-bond donors (Lipinski definition) is 1. The van der Waals surface area contributed by atoms with Crippen molar-refractivity contribution in [2.75, 3.05) is 0 Å². The molecule has 2 N–H and O–H groups in total. The lowest BCUT2D eigenvalue weighted by Crippen LogP contribution is -2.25. The van der Waals surface area contributed by atoms with E-state index in [1.165, 1.54) is 0 Å². The summed E-state index contributed by atoms with van der Waals surface area (Å²) in [6, 6.07) is 0. The van der Waals surface area contributed by atoms with E-state index < -0.39 is 0 Å². The quantitative estimate of drug-likeness (QED) is 0.474. The molecule has 1 aliphatic rings. The van der Waals surface area contributed by atoms with E-state index in [4.69, 9.17) is 17.3 Å². The summed E-state index contributed by atoms with van der Waals surface area (Å²) in [5.41, 5.74) is 6.04. The van der Waals surface area contributed by atoms with Gasteiger partial charge in [0.2, 0.25) is 0 Å². The SMILES string of the molecule is CC1=NN=C(N)C1Cl. The molecule has 4 heteroatoms. The minimum Gasteiger partial charge on any atom is -0.384 e. The zero-order valence-corrected chi connectivity index (χ0v) is 5.18. The van der Waals surface area contributed by atoms with Gasteiger partial charge >= 0.3 is 0 Å². The predicted octanol–water partition coefficient (Wildman–Crippen LogP) is 0.341. The molecule has 44 valence electrons. The minimum atomic E-state index is -0.269. The summed E-state index contributed by atoms with van der Waals surface area (Å²) >= 11 is 5.63. The lowest BCUT2D eigenvalue weighted by Gasteiger charge is -1.95. The van der Waals surface area contributed by atoms with Crippen molar-refractivity contribution in [3.05, 3.63) is 0 Å². The Morgan fingerprint density at radius 2 is 2.25 bits per heavy atom. The van der Waals surface area contributed by atoms with Crippen molar-refractivity contribution in [2.45, 2.75) is 12.3 Å². The van der Waals surface area contributed by atoms with Crippen molar-refractivity contribution >= 4 is 23.1 Å². The second-order valence-electron chi connectivity index (χ2n) is 1.63. The van der Waals surface area contributed by atoms with Crippen LogP contribution in [-0.2, 0) is 0 Å². The number of nitrogens with zero attached hydrogens (tertiary/aromatic N) is 2. The van der Waals surface area contributed by atoms with Crippen LogP contribution in [0.3, 0.4) is 0 Å². The van der Waals surface area contributed by atoms with E-state index in [2.05, 4.69) is 10.2 Å². The molecule has 1 atom stereocenters. The van der Waals surface area contributed by atoms with Gasteiger partial charge in [-0.25, -0.2) is 0 Å². The highest BCUT2D eigenvalue weighted by molar-refractivity contribution is 6.44. The molecule has 1 heterocycles. The van der Waals surface area contributed by atoms with Crippen LogP contribution in [0, 0.1) is 0 Å². The van der Waals surface area contributed by atoms with Crippen LogP contribution in [0.25, 0.3) is 0 Å². The molecular weight excluding hydrogens is 126 g/mol.